The van der Waals surface area contributed by atoms with E-state index in [0.717, 1.165) is 53.9 Å². The highest BCUT2D eigenvalue weighted by Gasteiger charge is 2.22. The molecule has 1 N–H and O–H groups in total. The molecule has 3 heterocycles. The first kappa shape index (κ1) is 24.8. The van der Waals surface area contributed by atoms with Gasteiger partial charge in [0.15, 0.2) is 11.4 Å². The number of piperidine rings is 1. The van der Waals surface area contributed by atoms with Crippen LogP contribution in [0.2, 0.25) is 0 Å². The second kappa shape index (κ2) is 10.6. The molecule has 0 amide bonds. The molecule has 9 heteroatoms. The molecule has 0 aliphatic carbocycles. The second-order valence-corrected chi connectivity index (χ2v) is 10.3. The number of aryl methyl sites for hydroxylation is 2. The molecule has 0 saturated carbocycles. The van der Waals surface area contributed by atoms with Gasteiger partial charge < -0.3 is 10.1 Å². The van der Waals surface area contributed by atoms with Gasteiger partial charge in [-0.25, -0.2) is 4.98 Å². The Morgan fingerprint density at radius 1 is 1.16 bits per heavy atom. The van der Waals surface area contributed by atoms with E-state index in [0.29, 0.717) is 28.8 Å². The maximum Gasteiger partial charge on any atom is 0.243 e. The Morgan fingerprint density at radius 3 is 2.51 bits per heavy atom. The number of fused-ring (bicyclic) bond motifs is 1. The first-order valence-electron chi connectivity index (χ1n) is 12.3. The average molecular weight is 513 g/mol. The summed E-state index contributed by atoms with van der Waals surface area (Å²) in [6, 6.07) is 14.0. The lowest BCUT2D eigenvalue weighted by Crippen LogP contribution is -2.39. The summed E-state index contributed by atoms with van der Waals surface area (Å²) in [6.07, 6.45) is 1.93. The molecule has 2 aromatic heterocycles. The standard InChI is InChI=1S/C28H28N6O2S/c1-17-12-21(14-29)13-18(2)24(17)36-27-25-26(30-16-37-25)32-28(33-27)31-23-8-10-34(11-9-23)15-20-4-6-22(7-5-20)19(3)35/h4-7,12-13,16,23H,8-11,15H2,1-3H3,(H,31,32,33). The molecule has 8 nitrogen and oxygen atoms in total. The number of nitriles is 1. The van der Waals surface area contributed by atoms with E-state index in [1.165, 1.54) is 16.9 Å². The fourth-order valence-electron chi connectivity index (χ4n) is 4.67. The zero-order valence-corrected chi connectivity index (χ0v) is 21.9. The number of thiazole rings is 1. The molecule has 1 saturated heterocycles. The molecule has 0 atom stereocenters. The molecule has 188 valence electrons. The summed E-state index contributed by atoms with van der Waals surface area (Å²) in [6.45, 7) is 8.23. The van der Waals surface area contributed by atoms with Crippen molar-refractivity contribution < 1.29 is 9.53 Å². The highest BCUT2D eigenvalue weighted by Crippen LogP contribution is 2.35. The van der Waals surface area contributed by atoms with Crippen molar-refractivity contribution in [3.8, 4) is 17.7 Å². The monoisotopic (exact) mass is 512 g/mol. The van der Waals surface area contributed by atoms with E-state index < -0.39 is 0 Å². The number of carbonyl (C=O) groups excluding carboxylic acids is 1. The van der Waals surface area contributed by atoms with Crippen LogP contribution in [0.4, 0.5) is 5.95 Å². The van der Waals surface area contributed by atoms with Gasteiger partial charge in [-0.05, 0) is 62.4 Å². The van der Waals surface area contributed by atoms with Gasteiger partial charge in [-0.3, -0.25) is 9.69 Å². The van der Waals surface area contributed by atoms with Crippen molar-refractivity contribution >= 4 is 33.4 Å². The highest BCUT2D eigenvalue weighted by molar-refractivity contribution is 7.17. The summed E-state index contributed by atoms with van der Waals surface area (Å²) in [7, 11) is 0. The van der Waals surface area contributed by atoms with Crippen molar-refractivity contribution in [2.24, 2.45) is 0 Å². The fourth-order valence-corrected chi connectivity index (χ4v) is 5.32. The third-order valence-corrected chi connectivity index (χ3v) is 7.44. The van der Waals surface area contributed by atoms with Crippen molar-refractivity contribution in [3.05, 3.63) is 69.7 Å². The van der Waals surface area contributed by atoms with E-state index in [2.05, 4.69) is 26.3 Å². The van der Waals surface area contributed by atoms with Crippen molar-refractivity contribution in [1.29, 1.82) is 5.26 Å². The molecule has 2 aromatic carbocycles. The summed E-state index contributed by atoms with van der Waals surface area (Å²) in [4.78, 5) is 27.7. The van der Waals surface area contributed by atoms with Gasteiger partial charge in [0.05, 0.1) is 17.1 Å². The Bertz CT molecular complexity index is 1460. The summed E-state index contributed by atoms with van der Waals surface area (Å²) in [5.74, 6) is 1.77. The summed E-state index contributed by atoms with van der Waals surface area (Å²) < 4.78 is 7.08. The number of nitrogens with one attached hydrogen (secondary N) is 1. The van der Waals surface area contributed by atoms with Crippen LogP contribution in [0.25, 0.3) is 10.3 Å². The van der Waals surface area contributed by atoms with Crippen LogP contribution < -0.4 is 10.1 Å². The Labute approximate surface area is 220 Å². The normalized spacial score (nSPS) is 14.4. The first-order chi connectivity index (χ1) is 17.9. The molecule has 0 bridgehead atoms. The smallest absolute Gasteiger partial charge is 0.243 e. The van der Waals surface area contributed by atoms with E-state index >= 15 is 0 Å². The number of hydrogen-bond donors (Lipinski definition) is 1. The summed E-state index contributed by atoms with van der Waals surface area (Å²) >= 11 is 1.44. The first-order valence-corrected chi connectivity index (χ1v) is 13.2. The van der Waals surface area contributed by atoms with Gasteiger partial charge in [0.2, 0.25) is 11.8 Å². The molecule has 0 spiro atoms. The number of aromatic nitrogens is 3. The predicted molar refractivity (Wildman–Crippen MR) is 144 cm³/mol. The molecule has 0 radical (unpaired) electrons. The van der Waals surface area contributed by atoms with Gasteiger partial charge in [-0.15, -0.1) is 11.3 Å². The van der Waals surface area contributed by atoms with E-state index in [-0.39, 0.29) is 11.8 Å². The van der Waals surface area contributed by atoms with Crippen molar-refractivity contribution in [1.82, 2.24) is 19.9 Å². The lowest BCUT2D eigenvalue weighted by Gasteiger charge is -2.32. The Balaban J connectivity index is 1.26. The molecule has 37 heavy (non-hydrogen) atoms. The van der Waals surface area contributed by atoms with Crippen LogP contribution in [0, 0.1) is 25.2 Å². The number of carbonyl (C=O) groups is 1. The van der Waals surface area contributed by atoms with E-state index in [9.17, 15) is 10.1 Å². The summed E-state index contributed by atoms with van der Waals surface area (Å²) in [5.41, 5.74) is 6.68. The predicted octanol–water partition coefficient (Wildman–Crippen LogP) is 5.65. The third-order valence-electron chi connectivity index (χ3n) is 6.64. The molecular formula is C28H28N6O2S. The minimum absolute atomic E-state index is 0.0900. The third kappa shape index (κ3) is 5.61. The maximum absolute atomic E-state index is 11.5. The molecule has 4 aromatic rings. The van der Waals surface area contributed by atoms with Crippen LogP contribution in [-0.2, 0) is 6.54 Å². The molecular weight excluding hydrogens is 484 g/mol. The van der Waals surface area contributed by atoms with Gasteiger partial charge in [0, 0.05) is 31.2 Å². The Morgan fingerprint density at radius 2 is 1.86 bits per heavy atom. The number of ether oxygens (including phenoxy) is 1. The van der Waals surface area contributed by atoms with E-state index in [1.54, 1.807) is 12.4 Å². The van der Waals surface area contributed by atoms with Crippen molar-refractivity contribution in [2.45, 2.75) is 46.2 Å². The van der Waals surface area contributed by atoms with Gasteiger partial charge >= 0.3 is 0 Å². The molecule has 5 rings (SSSR count). The van der Waals surface area contributed by atoms with Crippen LogP contribution in [0.5, 0.6) is 11.6 Å². The minimum Gasteiger partial charge on any atom is -0.437 e. The number of rotatable bonds is 7. The zero-order chi connectivity index (χ0) is 25.9. The number of hydrogen-bond acceptors (Lipinski definition) is 9. The van der Waals surface area contributed by atoms with Crippen molar-refractivity contribution in [3.63, 3.8) is 0 Å². The molecule has 1 fully saturated rings. The Hall–Kier alpha value is -3.87. The van der Waals surface area contributed by atoms with Crippen LogP contribution in [-0.4, -0.2) is 44.8 Å². The van der Waals surface area contributed by atoms with Crippen LogP contribution in [0.15, 0.2) is 41.9 Å². The minimum atomic E-state index is 0.0900. The lowest BCUT2D eigenvalue weighted by atomic mass is 10.0. The van der Waals surface area contributed by atoms with Crippen LogP contribution in [0.1, 0.15) is 52.4 Å². The number of benzene rings is 2. The zero-order valence-electron chi connectivity index (χ0n) is 21.1. The second-order valence-electron chi connectivity index (χ2n) is 9.46. The number of nitrogens with zero attached hydrogens (tertiary/aromatic N) is 5. The van der Waals surface area contributed by atoms with Crippen LogP contribution in [0.3, 0.4) is 0 Å². The Kier molecular flexibility index (Phi) is 7.12. The van der Waals surface area contributed by atoms with Gasteiger partial charge in [-0.2, -0.15) is 15.2 Å². The molecule has 1 aliphatic heterocycles. The number of Topliss-reactive ketones (excluding diaryl/α,β-unsaturated/α-hetero) is 1. The number of anilines is 1. The van der Waals surface area contributed by atoms with E-state index in [4.69, 9.17) is 9.72 Å². The molecule has 0 unspecified atom stereocenters. The number of ketones is 1. The molecule has 1 aliphatic rings. The lowest BCUT2D eigenvalue weighted by molar-refractivity contribution is 0.101. The SMILES string of the molecule is CC(=O)c1ccc(CN2CCC(Nc3nc(Oc4c(C)cc(C#N)cc4C)c4scnc4n3)CC2)cc1. The topological polar surface area (TPSA) is 104 Å². The van der Waals surface area contributed by atoms with Crippen LogP contribution >= 0.6 is 11.3 Å². The quantitative estimate of drug-likeness (QED) is 0.317. The van der Waals surface area contributed by atoms with Crippen molar-refractivity contribution in [2.75, 3.05) is 18.4 Å². The van der Waals surface area contributed by atoms with Gasteiger partial charge in [0.25, 0.3) is 0 Å². The van der Waals surface area contributed by atoms with Gasteiger partial charge in [-0.1, -0.05) is 24.3 Å². The van der Waals surface area contributed by atoms with Gasteiger partial charge in [0.1, 0.15) is 10.4 Å². The largest absolute Gasteiger partial charge is 0.437 e. The average Bonchev–Trinajstić information content (AvgIpc) is 3.36. The fraction of sp³-hybridized carbons (Fsp3) is 0.321. The van der Waals surface area contributed by atoms with E-state index in [1.807, 2.05) is 50.2 Å². The number of likely N-dealkylation sites (tertiary alicyclic amines) is 1. The maximum atomic E-state index is 11.5. The highest BCUT2D eigenvalue weighted by atomic mass is 32.1. The summed E-state index contributed by atoms with van der Waals surface area (Å²) in [5, 5.41) is 12.7.